The minimum atomic E-state index is 0.337. The lowest BCUT2D eigenvalue weighted by atomic mass is 10.0. The standard InChI is InChI=1S/C13H14ClN3O/c1-7-5-10(11(18-4)6-8(7)2)12-13(14)15-9(3)16-17-12/h5-6H,1-4H3. The molecule has 0 fully saturated rings. The maximum Gasteiger partial charge on any atom is 0.159 e. The molecule has 0 aliphatic heterocycles. The van der Waals surface area contributed by atoms with Gasteiger partial charge in [-0.2, -0.15) is 0 Å². The second-order valence-corrected chi connectivity index (χ2v) is 4.49. The van der Waals surface area contributed by atoms with E-state index in [1.807, 2.05) is 26.0 Å². The summed E-state index contributed by atoms with van der Waals surface area (Å²) in [6.07, 6.45) is 0. The van der Waals surface area contributed by atoms with E-state index in [-0.39, 0.29) is 0 Å². The number of hydrogen-bond acceptors (Lipinski definition) is 4. The highest BCUT2D eigenvalue weighted by Gasteiger charge is 2.14. The number of methoxy groups -OCH3 is 1. The van der Waals surface area contributed by atoms with E-state index in [0.717, 1.165) is 22.4 Å². The highest BCUT2D eigenvalue weighted by molar-refractivity contribution is 6.31. The molecule has 2 rings (SSSR count). The van der Waals surface area contributed by atoms with Crippen molar-refractivity contribution in [1.29, 1.82) is 0 Å². The van der Waals surface area contributed by atoms with Crippen molar-refractivity contribution in [2.75, 3.05) is 7.11 Å². The van der Waals surface area contributed by atoms with Crippen LogP contribution in [0.3, 0.4) is 0 Å². The van der Waals surface area contributed by atoms with Gasteiger partial charge in [0, 0.05) is 5.56 Å². The van der Waals surface area contributed by atoms with Crippen molar-refractivity contribution in [2.24, 2.45) is 0 Å². The fourth-order valence-corrected chi connectivity index (χ4v) is 1.95. The summed E-state index contributed by atoms with van der Waals surface area (Å²) in [4.78, 5) is 4.11. The van der Waals surface area contributed by atoms with Gasteiger partial charge in [-0.25, -0.2) is 4.98 Å². The third-order valence-corrected chi connectivity index (χ3v) is 3.08. The topological polar surface area (TPSA) is 47.9 Å². The Balaban J connectivity index is 2.66. The van der Waals surface area contributed by atoms with Gasteiger partial charge in [-0.15, -0.1) is 10.2 Å². The SMILES string of the molecule is COc1cc(C)c(C)cc1-c1nnc(C)nc1Cl. The second kappa shape index (κ2) is 4.90. The molecule has 0 atom stereocenters. The lowest BCUT2D eigenvalue weighted by Crippen LogP contribution is -1.99. The Bertz CT molecular complexity index is 599. The molecule has 1 aromatic heterocycles. The van der Waals surface area contributed by atoms with E-state index < -0.39 is 0 Å². The molecule has 0 saturated heterocycles. The van der Waals surface area contributed by atoms with Crippen LogP contribution in [-0.2, 0) is 0 Å². The molecule has 1 heterocycles. The molecule has 0 aliphatic carbocycles. The Hall–Kier alpha value is -1.68. The van der Waals surface area contributed by atoms with Crippen molar-refractivity contribution < 1.29 is 4.74 Å². The quantitative estimate of drug-likeness (QED) is 0.835. The van der Waals surface area contributed by atoms with E-state index >= 15 is 0 Å². The number of hydrogen-bond donors (Lipinski definition) is 0. The van der Waals surface area contributed by atoms with Crippen LogP contribution in [0, 0.1) is 20.8 Å². The predicted octanol–water partition coefficient (Wildman–Crippen LogP) is 3.13. The van der Waals surface area contributed by atoms with Crippen LogP contribution in [0.2, 0.25) is 5.15 Å². The Morgan fingerprint density at radius 1 is 1.06 bits per heavy atom. The molecule has 0 amide bonds. The van der Waals surface area contributed by atoms with Crippen LogP contribution in [0.25, 0.3) is 11.3 Å². The monoisotopic (exact) mass is 263 g/mol. The van der Waals surface area contributed by atoms with Gasteiger partial charge in [0.2, 0.25) is 0 Å². The van der Waals surface area contributed by atoms with Crippen LogP contribution in [0.15, 0.2) is 12.1 Å². The van der Waals surface area contributed by atoms with Gasteiger partial charge in [0.1, 0.15) is 17.3 Å². The molecule has 18 heavy (non-hydrogen) atoms. The number of rotatable bonds is 2. The average Bonchev–Trinajstić information content (AvgIpc) is 2.32. The molecule has 1 aromatic carbocycles. The lowest BCUT2D eigenvalue weighted by molar-refractivity contribution is 0.416. The molecule has 4 nitrogen and oxygen atoms in total. The highest BCUT2D eigenvalue weighted by atomic mass is 35.5. The van der Waals surface area contributed by atoms with Gasteiger partial charge in [-0.1, -0.05) is 11.6 Å². The molecule has 0 bridgehead atoms. The number of aromatic nitrogens is 3. The van der Waals surface area contributed by atoms with Gasteiger partial charge in [-0.05, 0) is 44.0 Å². The first kappa shape index (κ1) is 12.8. The fraction of sp³-hybridized carbons (Fsp3) is 0.308. The summed E-state index contributed by atoms with van der Waals surface area (Å²) in [7, 11) is 1.62. The summed E-state index contributed by atoms with van der Waals surface area (Å²) in [6.45, 7) is 5.81. The summed E-state index contributed by atoms with van der Waals surface area (Å²) in [5.41, 5.74) is 3.65. The van der Waals surface area contributed by atoms with E-state index in [2.05, 4.69) is 15.2 Å². The third kappa shape index (κ3) is 2.29. The first-order valence-corrected chi connectivity index (χ1v) is 5.93. The first-order chi connectivity index (χ1) is 8.52. The smallest absolute Gasteiger partial charge is 0.159 e. The molecular weight excluding hydrogens is 250 g/mol. The predicted molar refractivity (Wildman–Crippen MR) is 71.0 cm³/mol. The van der Waals surface area contributed by atoms with Gasteiger partial charge in [0.05, 0.1) is 7.11 Å². The van der Waals surface area contributed by atoms with Crippen LogP contribution >= 0.6 is 11.6 Å². The molecule has 0 saturated carbocycles. The van der Waals surface area contributed by atoms with Crippen LogP contribution in [0.5, 0.6) is 5.75 Å². The van der Waals surface area contributed by atoms with Gasteiger partial charge in [-0.3, -0.25) is 0 Å². The summed E-state index contributed by atoms with van der Waals surface area (Å²) >= 11 is 6.12. The number of nitrogens with zero attached hydrogens (tertiary/aromatic N) is 3. The minimum absolute atomic E-state index is 0.337. The number of halogens is 1. The van der Waals surface area contributed by atoms with E-state index in [1.54, 1.807) is 14.0 Å². The summed E-state index contributed by atoms with van der Waals surface area (Å²) in [5.74, 6) is 1.27. The Labute approximate surface area is 111 Å². The van der Waals surface area contributed by atoms with Gasteiger partial charge >= 0.3 is 0 Å². The van der Waals surface area contributed by atoms with Crippen LogP contribution in [0.4, 0.5) is 0 Å². The van der Waals surface area contributed by atoms with Crippen molar-refractivity contribution in [3.8, 4) is 17.0 Å². The van der Waals surface area contributed by atoms with Crippen molar-refractivity contribution in [1.82, 2.24) is 15.2 Å². The Morgan fingerprint density at radius 2 is 1.72 bits per heavy atom. The van der Waals surface area contributed by atoms with E-state index in [9.17, 15) is 0 Å². The van der Waals surface area contributed by atoms with E-state index in [4.69, 9.17) is 16.3 Å². The van der Waals surface area contributed by atoms with Crippen molar-refractivity contribution in [3.63, 3.8) is 0 Å². The zero-order chi connectivity index (χ0) is 13.3. The number of aryl methyl sites for hydroxylation is 3. The van der Waals surface area contributed by atoms with Gasteiger partial charge in [0.25, 0.3) is 0 Å². The molecule has 5 heteroatoms. The molecule has 0 radical (unpaired) electrons. The average molecular weight is 264 g/mol. The fourth-order valence-electron chi connectivity index (χ4n) is 1.69. The second-order valence-electron chi connectivity index (χ2n) is 4.14. The van der Waals surface area contributed by atoms with E-state index in [0.29, 0.717) is 16.7 Å². The van der Waals surface area contributed by atoms with Crippen molar-refractivity contribution in [2.45, 2.75) is 20.8 Å². The summed E-state index contributed by atoms with van der Waals surface area (Å²) < 4.78 is 5.37. The molecular formula is C13H14ClN3O. The Kier molecular flexibility index (Phi) is 3.48. The molecule has 0 spiro atoms. The molecule has 0 N–H and O–H groups in total. The van der Waals surface area contributed by atoms with E-state index in [1.165, 1.54) is 0 Å². The van der Waals surface area contributed by atoms with Crippen molar-refractivity contribution >= 4 is 11.6 Å². The maximum atomic E-state index is 6.12. The normalized spacial score (nSPS) is 10.5. The zero-order valence-electron chi connectivity index (χ0n) is 10.8. The summed E-state index contributed by atoms with van der Waals surface area (Å²) in [5, 5.41) is 8.38. The third-order valence-electron chi connectivity index (χ3n) is 2.82. The van der Waals surface area contributed by atoms with Crippen LogP contribution < -0.4 is 4.74 Å². The molecule has 2 aromatic rings. The largest absolute Gasteiger partial charge is 0.496 e. The van der Waals surface area contributed by atoms with Gasteiger partial charge in [0.15, 0.2) is 5.15 Å². The number of benzene rings is 1. The molecule has 94 valence electrons. The minimum Gasteiger partial charge on any atom is -0.496 e. The van der Waals surface area contributed by atoms with Crippen LogP contribution in [0.1, 0.15) is 17.0 Å². The first-order valence-electron chi connectivity index (χ1n) is 5.55. The Morgan fingerprint density at radius 3 is 2.33 bits per heavy atom. The maximum absolute atomic E-state index is 6.12. The van der Waals surface area contributed by atoms with Crippen LogP contribution in [-0.4, -0.2) is 22.3 Å². The highest BCUT2D eigenvalue weighted by Crippen LogP contribution is 2.34. The number of ether oxygens (including phenoxy) is 1. The molecule has 0 aliphatic rings. The lowest BCUT2D eigenvalue weighted by Gasteiger charge is -2.11. The van der Waals surface area contributed by atoms with Crippen molar-refractivity contribution in [3.05, 3.63) is 34.2 Å². The summed E-state index contributed by atoms with van der Waals surface area (Å²) in [6, 6.07) is 3.95. The zero-order valence-corrected chi connectivity index (χ0v) is 11.5. The molecule has 0 unspecified atom stereocenters. The van der Waals surface area contributed by atoms with Gasteiger partial charge < -0.3 is 4.74 Å².